The molecule has 0 atom stereocenters. The third-order valence-electron chi connectivity index (χ3n) is 3.58. The number of pyridine rings is 1. The van der Waals surface area contributed by atoms with Crippen LogP contribution >= 0.6 is 0 Å². The smallest absolute Gasteiger partial charge is 0.108 e. The van der Waals surface area contributed by atoms with Gasteiger partial charge in [-0.15, -0.1) is 0 Å². The summed E-state index contributed by atoms with van der Waals surface area (Å²) in [5, 5.41) is 2.50. The number of benzene rings is 1. The molecule has 0 saturated carbocycles. The average Bonchev–Trinajstić information content (AvgIpc) is 3.05. The molecule has 3 heterocycles. The van der Waals surface area contributed by atoms with Gasteiger partial charge in [0.1, 0.15) is 5.69 Å². The molecular formula is C15H13N3. The Morgan fingerprint density at radius 2 is 2.00 bits per heavy atom. The first-order valence-electron chi connectivity index (χ1n) is 6.32. The zero-order valence-electron chi connectivity index (χ0n) is 9.98. The number of hydrogen-bond acceptors (Lipinski definition) is 2. The molecule has 0 fully saturated rings. The van der Waals surface area contributed by atoms with E-state index in [2.05, 4.69) is 45.3 Å². The van der Waals surface area contributed by atoms with E-state index in [4.69, 9.17) is 0 Å². The van der Waals surface area contributed by atoms with Crippen molar-refractivity contribution in [2.24, 2.45) is 4.99 Å². The Bertz CT molecular complexity index is 768. The van der Waals surface area contributed by atoms with E-state index in [0.717, 1.165) is 36.3 Å². The maximum Gasteiger partial charge on any atom is 0.108 e. The van der Waals surface area contributed by atoms with Gasteiger partial charge < -0.3 is 4.98 Å². The Morgan fingerprint density at radius 1 is 1.06 bits per heavy atom. The van der Waals surface area contributed by atoms with Crippen molar-refractivity contribution < 1.29 is 0 Å². The minimum Gasteiger partial charge on any atom is -0.353 e. The van der Waals surface area contributed by atoms with Gasteiger partial charge in [0.15, 0.2) is 0 Å². The van der Waals surface area contributed by atoms with Crippen LogP contribution in [0.15, 0.2) is 41.5 Å². The van der Waals surface area contributed by atoms with Crippen molar-refractivity contribution in [3.05, 3.63) is 42.2 Å². The molecule has 1 aliphatic rings. The Balaban J connectivity index is 2.09. The molecule has 3 nitrogen and oxygen atoms in total. The second kappa shape index (κ2) is 3.67. The maximum atomic E-state index is 4.56. The van der Waals surface area contributed by atoms with Crippen LogP contribution in [0.1, 0.15) is 18.5 Å². The Labute approximate surface area is 105 Å². The number of para-hydroxylation sites is 1. The van der Waals surface area contributed by atoms with Crippen LogP contribution in [0, 0.1) is 0 Å². The second-order valence-electron chi connectivity index (χ2n) is 4.68. The summed E-state index contributed by atoms with van der Waals surface area (Å²) in [6.45, 7) is 0.938. The van der Waals surface area contributed by atoms with Gasteiger partial charge in [0.05, 0.1) is 11.2 Å². The lowest BCUT2D eigenvalue weighted by Gasteiger charge is -2.00. The molecule has 0 aliphatic carbocycles. The van der Waals surface area contributed by atoms with E-state index in [1.807, 2.05) is 6.20 Å². The first-order chi connectivity index (χ1) is 8.93. The fourth-order valence-corrected chi connectivity index (χ4v) is 2.73. The summed E-state index contributed by atoms with van der Waals surface area (Å²) >= 11 is 0. The summed E-state index contributed by atoms with van der Waals surface area (Å²) in [6, 6.07) is 10.5. The van der Waals surface area contributed by atoms with E-state index in [-0.39, 0.29) is 0 Å². The van der Waals surface area contributed by atoms with E-state index >= 15 is 0 Å². The highest BCUT2D eigenvalue weighted by Gasteiger charge is 2.15. The molecule has 0 spiro atoms. The van der Waals surface area contributed by atoms with Crippen molar-refractivity contribution in [2.75, 3.05) is 6.54 Å². The molecule has 0 bridgehead atoms. The van der Waals surface area contributed by atoms with E-state index in [1.54, 1.807) is 0 Å². The number of fused-ring (bicyclic) bond motifs is 3. The SMILES string of the molecule is c1ccc2c(c1)[nH]c1c(C3=NCCC3)nccc12. The second-order valence-corrected chi connectivity index (χ2v) is 4.68. The highest BCUT2D eigenvalue weighted by molar-refractivity contribution is 6.15. The lowest BCUT2D eigenvalue weighted by molar-refractivity contribution is 0.951. The summed E-state index contributed by atoms with van der Waals surface area (Å²) in [5.74, 6) is 0. The average molecular weight is 235 g/mol. The van der Waals surface area contributed by atoms with Crippen LogP contribution in [0.2, 0.25) is 0 Å². The number of nitrogens with zero attached hydrogens (tertiary/aromatic N) is 2. The highest BCUT2D eigenvalue weighted by atomic mass is 14.8. The summed E-state index contributed by atoms with van der Waals surface area (Å²) in [7, 11) is 0. The number of rotatable bonds is 1. The van der Waals surface area contributed by atoms with Crippen molar-refractivity contribution in [1.29, 1.82) is 0 Å². The summed E-state index contributed by atoms with van der Waals surface area (Å²) < 4.78 is 0. The van der Waals surface area contributed by atoms with E-state index in [0.29, 0.717) is 0 Å². The minimum absolute atomic E-state index is 0.938. The minimum atomic E-state index is 0.938. The number of H-pyrrole nitrogens is 1. The van der Waals surface area contributed by atoms with Gasteiger partial charge in [-0.2, -0.15) is 0 Å². The number of aliphatic imine (C=N–C) groups is 1. The summed E-state index contributed by atoms with van der Waals surface area (Å²) in [6.07, 6.45) is 4.08. The van der Waals surface area contributed by atoms with Crippen LogP contribution in [-0.2, 0) is 0 Å². The Kier molecular flexibility index (Phi) is 2.00. The van der Waals surface area contributed by atoms with Gasteiger partial charge in [0.2, 0.25) is 0 Å². The lowest BCUT2D eigenvalue weighted by Crippen LogP contribution is -2.00. The molecule has 1 aliphatic heterocycles. The zero-order chi connectivity index (χ0) is 11.9. The molecule has 4 rings (SSSR count). The summed E-state index contributed by atoms with van der Waals surface area (Å²) in [5.41, 5.74) is 4.47. The third kappa shape index (κ3) is 1.30. The molecular weight excluding hydrogens is 222 g/mol. The molecule has 3 heteroatoms. The van der Waals surface area contributed by atoms with Crippen LogP contribution in [-0.4, -0.2) is 22.2 Å². The molecule has 1 N–H and O–H groups in total. The normalized spacial score (nSPS) is 15.4. The van der Waals surface area contributed by atoms with Crippen LogP contribution in [0.5, 0.6) is 0 Å². The van der Waals surface area contributed by atoms with Crippen molar-refractivity contribution in [1.82, 2.24) is 9.97 Å². The molecule has 0 radical (unpaired) electrons. The number of aromatic amines is 1. The predicted molar refractivity (Wildman–Crippen MR) is 74.2 cm³/mol. The van der Waals surface area contributed by atoms with E-state index < -0.39 is 0 Å². The van der Waals surface area contributed by atoms with Crippen molar-refractivity contribution >= 4 is 27.5 Å². The molecule has 2 aromatic heterocycles. The van der Waals surface area contributed by atoms with Crippen molar-refractivity contribution in [3.63, 3.8) is 0 Å². The van der Waals surface area contributed by atoms with Gasteiger partial charge in [-0.3, -0.25) is 9.98 Å². The Hall–Kier alpha value is -2.16. The number of nitrogens with one attached hydrogen (secondary N) is 1. The van der Waals surface area contributed by atoms with Crippen LogP contribution < -0.4 is 0 Å². The monoisotopic (exact) mass is 235 g/mol. The first-order valence-corrected chi connectivity index (χ1v) is 6.32. The van der Waals surface area contributed by atoms with Gasteiger partial charge in [0, 0.05) is 29.0 Å². The van der Waals surface area contributed by atoms with Gasteiger partial charge in [-0.25, -0.2) is 0 Å². The first kappa shape index (κ1) is 9.83. The highest BCUT2D eigenvalue weighted by Crippen LogP contribution is 2.27. The van der Waals surface area contributed by atoms with E-state index in [1.165, 1.54) is 16.3 Å². The topological polar surface area (TPSA) is 41.0 Å². The standard InChI is InChI=1S/C15H13N3/c1-2-5-12-10(4-1)11-7-9-17-15(14(11)18-12)13-6-3-8-16-13/h1-2,4-5,7,9,18H,3,6,8H2. The van der Waals surface area contributed by atoms with Gasteiger partial charge in [-0.05, 0) is 25.0 Å². The maximum absolute atomic E-state index is 4.56. The molecule has 18 heavy (non-hydrogen) atoms. The van der Waals surface area contributed by atoms with Crippen molar-refractivity contribution in [2.45, 2.75) is 12.8 Å². The van der Waals surface area contributed by atoms with Gasteiger partial charge in [-0.1, -0.05) is 18.2 Å². The van der Waals surface area contributed by atoms with Crippen LogP contribution in [0.3, 0.4) is 0 Å². The molecule has 0 saturated heterocycles. The molecule has 0 unspecified atom stereocenters. The van der Waals surface area contributed by atoms with E-state index in [9.17, 15) is 0 Å². The lowest BCUT2D eigenvalue weighted by atomic mass is 10.1. The van der Waals surface area contributed by atoms with Gasteiger partial charge >= 0.3 is 0 Å². The fraction of sp³-hybridized carbons (Fsp3) is 0.200. The molecule has 1 aromatic carbocycles. The zero-order valence-corrected chi connectivity index (χ0v) is 9.98. The van der Waals surface area contributed by atoms with Crippen LogP contribution in [0.4, 0.5) is 0 Å². The molecule has 3 aromatic rings. The third-order valence-corrected chi connectivity index (χ3v) is 3.58. The number of aromatic nitrogens is 2. The molecule has 88 valence electrons. The summed E-state index contributed by atoms with van der Waals surface area (Å²) in [4.78, 5) is 12.6. The largest absolute Gasteiger partial charge is 0.353 e. The van der Waals surface area contributed by atoms with Gasteiger partial charge in [0.25, 0.3) is 0 Å². The quantitative estimate of drug-likeness (QED) is 0.690. The van der Waals surface area contributed by atoms with Crippen LogP contribution in [0.25, 0.3) is 21.8 Å². The molecule has 0 amide bonds. The number of hydrogen-bond donors (Lipinski definition) is 1. The van der Waals surface area contributed by atoms with Crippen molar-refractivity contribution in [3.8, 4) is 0 Å². The Morgan fingerprint density at radius 3 is 2.89 bits per heavy atom. The fourth-order valence-electron chi connectivity index (χ4n) is 2.73. The predicted octanol–water partition coefficient (Wildman–Crippen LogP) is 3.30.